The van der Waals surface area contributed by atoms with E-state index < -0.39 is 0 Å². The first-order valence-corrected chi connectivity index (χ1v) is 4.72. The molecule has 0 aliphatic carbocycles. The zero-order chi connectivity index (χ0) is 7.94. The molecule has 1 rings (SSSR count). The minimum absolute atomic E-state index is 0.784. The molecule has 1 N–H and O–H groups in total. The van der Waals surface area contributed by atoms with E-state index in [1.807, 2.05) is 0 Å². The van der Waals surface area contributed by atoms with E-state index in [1.54, 1.807) is 0 Å². The fourth-order valence-electron chi connectivity index (χ4n) is 1.35. The van der Waals surface area contributed by atoms with Gasteiger partial charge in [-0.15, -0.1) is 0 Å². The fourth-order valence-corrected chi connectivity index (χ4v) is 1.35. The lowest BCUT2D eigenvalue weighted by Gasteiger charge is -2.07. The third-order valence-electron chi connectivity index (χ3n) is 2.16. The van der Waals surface area contributed by atoms with E-state index in [-0.39, 0.29) is 0 Å². The summed E-state index contributed by atoms with van der Waals surface area (Å²) in [6, 6.07) is 0. The molecule has 0 spiro atoms. The van der Waals surface area contributed by atoms with Gasteiger partial charge in [0.1, 0.15) is 0 Å². The van der Waals surface area contributed by atoms with Gasteiger partial charge in [0.15, 0.2) is 0 Å². The van der Waals surface area contributed by atoms with Gasteiger partial charge in [-0.05, 0) is 25.3 Å². The highest BCUT2D eigenvalue weighted by atomic mass is 16.5. The Hall–Kier alpha value is -0.0800. The number of hydrogen-bond donors (Lipinski definition) is 1. The van der Waals surface area contributed by atoms with Gasteiger partial charge >= 0.3 is 0 Å². The number of hydrogen-bond acceptors (Lipinski definition) is 2. The molecule has 11 heavy (non-hydrogen) atoms. The molecule has 0 aromatic carbocycles. The molecule has 1 saturated heterocycles. The molecule has 66 valence electrons. The zero-order valence-corrected chi connectivity index (χ0v) is 7.44. The van der Waals surface area contributed by atoms with E-state index in [2.05, 4.69) is 12.2 Å². The van der Waals surface area contributed by atoms with Crippen molar-refractivity contribution in [1.29, 1.82) is 0 Å². The Balaban J connectivity index is 1.86. The standard InChI is InChI=1S/C9H19NO/c1-2-3-6-11-8-9-4-5-10-7-9/h9-10H,2-8H2,1H3. The van der Waals surface area contributed by atoms with E-state index in [0.29, 0.717) is 0 Å². The van der Waals surface area contributed by atoms with Crippen LogP contribution in [0.1, 0.15) is 26.2 Å². The minimum Gasteiger partial charge on any atom is -0.381 e. The van der Waals surface area contributed by atoms with E-state index in [0.717, 1.165) is 25.7 Å². The van der Waals surface area contributed by atoms with E-state index >= 15 is 0 Å². The van der Waals surface area contributed by atoms with Crippen LogP contribution in [0, 0.1) is 5.92 Å². The van der Waals surface area contributed by atoms with Gasteiger partial charge in [0.25, 0.3) is 0 Å². The molecule has 0 radical (unpaired) electrons. The van der Waals surface area contributed by atoms with Gasteiger partial charge in [0, 0.05) is 13.2 Å². The molecule has 0 aromatic heterocycles. The number of ether oxygens (including phenoxy) is 1. The van der Waals surface area contributed by atoms with Crippen LogP contribution >= 0.6 is 0 Å². The molecule has 0 bridgehead atoms. The Morgan fingerprint density at radius 3 is 3.09 bits per heavy atom. The Kier molecular flexibility index (Phi) is 4.55. The van der Waals surface area contributed by atoms with Crippen LogP contribution in [-0.2, 0) is 4.74 Å². The molecule has 1 aliphatic rings. The summed E-state index contributed by atoms with van der Waals surface area (Å²) < 4.78 is 5.52. The normalized spacial score (nSPS) is 24.3. The summed E-state index contributed by atoms with van der Waals surface area (Å²) in [5.41, 5.74) is 0. The molecule has 0 saturated carbocycles. The van der Waals surface area contributed by atoms with Crippen molar-refractivity contribution >= 4 is 0 Å². The van der Waals surface area contributed by atoms with Crippen LogP contribution in [0.5, 0.6) is 0 Å². The van der Waals surface area contributed by atoms with Crippen molar-refractivity contribution in [3.05, 3.63) is 0 Å². The topological polar surface area (TPSA) is 21.3 Å². The minimum atomic E-state index is 0.784. The number of unbranched alkanes of at least 4 members (excludes halogenated alkanes) is 1. The van der Waals surface area contributed by atoms with Gasteiger partial charge in [0.05, 0.1) is 6.61 Å². The summed E-state index contributed by atoms with van der Waals surface area (Å²) in [7, 11) is 0. The third kappa shape index (κ3) is 3.73. The van der Waals surface area contributed by atoms with E-state index in [1.165, 1.54) is 25.8 Å². The molecule has 2 nitrogen and oxygen atoms in total. The first kappa shape index (κ1) is 9.01. The summed E-state index contributed by atoms with van der Waals surface area (Å²) in [5, 5.41) is 3.33. The van der Waals surface area contributed by atoms with Crippen LogP contribution in [-0.4, -0.2) is 26.3 Å². The predicted octanol–water partition coefficient (Wildman–Crippen LogP) is 1.41. The Morgan fingerprint density at radius 2 is 2.45 bits per heavy atom. The van der Waals surface area contributed by atoms with Gasteiger partial charge in [-0.1, -0.05) is 13.3 Å². The second-order valence-electron chi connectivity index (χ2n) is 3.29. The molecular formula is C9H19NO. The van der Waals surface area contributed by atoms with Crippen LogP contribution < -0.4 is 5.32 Å². The van der Waals surface area contributed by atoms with Crippen molar-refractivity contribution in [2.75, 3.05) is 26.3 Å². The van der Waals surface area contributed by atoms with E-state index in [9.17, 15) is 0 Å². The van der Waals surface area contributed by atoms with Crippen molar-refractivity contribution in [2.24, 2.45) is 5.92 Å². The Bertz CT molecular complexity index is 89.6. The largest absolute Gasteiger partial charge is 0.381 e. The van der Waals surface area contributed by atoms with Crippen molar-refractivity contribution in [3.8, 4) is 0 Å². The fraction of sp³-hybridized carbons (Fsp3) is 1.00. The van der Waals surface area contributed by atoms with Crippen LogP contribution in [0.25, 0.3) is 0 Å². The first-order chi connectivity index (χ1) is 5.43. The molecular weight excluding hydrogens is 138 g/mol. The Labute approximate surface area is 69.3 Å². The molecule has 1 fully saturated rings. The average molecular weight is 157 g/mol. The van der Waals surface area contributed by atoms with Gasteiger partial charge in [0.2, 0.25) is 0 Å². The number of rotatable bonds is 5. The van der Waals surface area contributed by atoms with Crippen LogP contribution in [0.15, 0.2) is 0 Å². The molecule has 1 unspecified atom stereocenters. The maximum absolute atomic E-state index is 5.52. The maximum Gasteiger partial charge on any atom is 0.0506 e. The molecule has 1 aliphatic heterocycles. The quantitative estimate of drug-likeness (QED) is 0.609. The van der Waals surface area contributed by atoms with Crippen LogP contribution in [0.3, 0.4) is 0 Å². The monoisotopic (exact) mass is 157 g/mol. The maximum atomic E-state index is 5.52. The van der Waals surface area contributed by atoms with Crippen molar-refractivity contribution < 1.29 is 4.74 Å². The van der Waals surface area contributed by atoms with Crippen molar-refractivity contribution in [3.63, 3.8) is 0 Å². The summed E-state index contributed by atoms with van der Waals surface area (Å²) in [5.74, 6) is 0.784. The highest BCUT2D eigenvalue weighted by molar-refractivity contribution is 4.69. The molecule has 0 amide bonds. The lowest BCUT2D eigenvalue weighted by molar-refractivity contribution is 0.103. The third-order valence-corrected chi connectivity index (χ3v) is 2.16. The highest BCUT2D eigenvalue weighted by Crippen LogP contribution is 2.07. The van der Waals surface area contributed by atoms with Gasteiger partial charge < -0.3 is 10.1 Å². The van der Waals surface area contributed by atoms with Gasteiger partial charge in [-0.3, -0.25) is 0 Å². The van der Waals surface area contributed by atoms with Gasteiger partial charge in [-0.2, -0.15) is 0 Å². The summed E-state index contributed by atoms with van der Waals surface area (Å²) in [4.78, 5) is 0. The summed E-state index contributed by atoms with van der Waals surface area (Å²) >= 11 is 0. The SMILES string of the molecule is CCCCOCC1CCNC1. The lowest BCUT2D eigenvalue weighted by atomic mass is 10.1. The van der Waals surface area contributed by atoms with Gasteiger partial charge in [-0.25, -0.2) is 0 Å². The zero-order valence-electron chi connectivity index (χ0n) is 7.44. The average Bonchev–Trinajstić information content (AvgIpc) is 2.50. The number of nitrogens with one attached hydrogen (secondary N) is 1. The molecule has 0 aromatic rings. The van der Waals surface area contributed by atoms with Crippen LogP contribution in [0.4, 0.5) is 0 Å². The smallest absolute Gasteiger partial charge is 0.0506 e. The van der Waals surface area contributed by atoms with Crippen molar-refractivity contribution in [2.45, 2.75) is 26.2 Å². The van der Waals surface area contributed by atoms with Crippen LogP contribution in [0.2, 0.25) is 0 Å². The van der Waals surface area contributed by atoms with E-state index in [4.69, 9.17) is 4.74 Å². The predicted molar refractivity (Wildman–Crippen MR) is 46.7 cm³/mol. The Morgan fingerprint density at radius 1 is 1.55 bits per heavy atom. The lowest BCUT2D eigenvalue weighted by Crippen LogP contribution is -2.14. The highest BCUT2D eigenvalue weighted by Gasteiger charge is 2.13. The second kappa shape index (κ2) is 5.56. The molecule has 1 atom stereocenters. The summed E-state index contributed by atoms with van der Waals surface area (Å²) in [6.07, 6.45) is 3.75. The summed E-state index contributed by atoms with van der Waals surface area (Å²) in [6.45, 7) is 6.45. The second-order valence-corrected chi connectivity index (χ2v) is 3.29. The first-order valence-electron chi connectivity index (χ1n) is 4.72. The molecule has 1 heterocycles. The molecule has 2 heteroatoms. The van der Waals surface area contributed by atoms with Crippen molar-refractivity contribution in [1.82, 2.24) is 5.32 Å².